The van der Waals surface area contributed by atoms with Crippen LogP contribution in [0.3, 0.4) is 0 Å². The molecule has 43 heavy (non-hydrogen) atoms. The SMILES string of the molecule is C[C@H]1COCCN1c1nc(-c2cnc(N)nc2)c2c(n1)N([C@@]1(C)CCN(C(=O)C3(F)CN(C(=O)OC(C)(C)C)C3)C1)CC2. The highest BCUT2D eigenvalue weighted by Gasteiger charge is 2.57. The molecule has 0 aromatic carbocycles. The second-order valence-electron chi connectivity index (χ2n) is 13.3. The Bertz CT molecular complexity index is 1410. The maximum absolute atomic E-state index is 15.7. The molecule has 0 spiro atoms. The van der Waals surface area contributed by atoms with Crippen molar-refractivity contribution in [3.8, 4) is 11.3 Å². The highest BCUT2D eigenvalue weighted by atomic mass is 19.1. The van der Waals surface area contributed by atoms with Crippen LogP contribution in [0.5, 0.6) is 0 Å². The highest BCUT2D eigenvalue weighted by Crippen LogP contribution is 2.42. The fraction of sp³-hybridized carbons (Fsp3) is 0.655. The zero-order valence-electron chi connectivity index (χ0n) is 25.5. The number of nitrogen functional groups attached to an aromatic ring is 1. The van der Waals surface area contributed by atoms with Crippen molar-refractivity contribution in [2.24, 2.45) is 0 Å². The van der Waals surface area contributed by atoms with E-state index in [0.717, 1.165) is 22.6 Å². The number of rotatable bonds is 4. The van der Waals surface area contributed by atoms with Gasteiger partial charge in [-0.1, -0.05) is 0 Å². The van der Waals surface area contributed by atoms with Crippen LogP contribution in [-0.4, -0.2) is 117 Å². The van der Waals surface area contributed by atoms with Gasteiger partial charge in [-0.25, -0.2) is 24.1 Å². The van der Waals surface area contributed by atoms with Gasteiger partial charge >= 0.3 is 6.09 Å². The van der Waals surface area contributed by atoms with Crippen molar-refractivity contribution in [3.05, 3.63) is 18.0 Å². The van der Waals surface area contributed by atoms with E-state index in [1.807, 2.05) is 0 Å². The fourth-order valence-corrected chi connectivity index (χ4v) is 6.39. The summed E-state index contributed by atoms with van der Waals surface area (Å²) in [6.07, 6.45) is 4.10. The quantitative estimate of drug-likeness (QED) is 0.553. The van der Waals surface area contributed by atoms with Crippen LogP contribution >= 0.6 is 0 Å². The van der Waals surface area contributed by atoms with Crippen LogP contribution in [0.25, 0.3) is 11.3 Å². The number of aromatic nitrogens is 4. The predicted octanol–water partition coefficient (Wildman–Crippen LogP) is 2.05. The Morgan fingerprint density at radius 1 is 1.09 bits per heavy atom. The van der Waals surface area contributed by atoms with E-state index < -0.39 is 28.8 Å². The number of anilines is 3. The summed E-state index contributed by atoms with van der Waals surface area (Å²) in [4.78, 5) is 51.4. The normalized spacial score (nSPS) is 25.0. The Morgan fingerprint density at radius 2 is 1.81 bits per heavy atom. The Morgan fingerprint density at radius 3 is 2.49 bits per heavy atom. The smallest absolute Gasteiger partial charge is 0.410 e. The molecule has 0 saturated carbocycles. The fourth-order valence-electron chi connectivity index (χ4n) is 6.39. The van der Waals surface area contributed by atoms with Crippen LogP contribution in [0.4, 0.5) is 26.9 Å². The molecule has 13 nitrogen and oxygen atoms in total. The van der Waals surface area contributed by atoms with Crippen LogP contribution in [0.1, 0.15) is 46.6 Å². The van der Waals surface area contributed by atoms with Crippen molar-refractivity contribution in [2.45, 2.75) is 70.3 Å². The van der Waals surface area contributed by atoms with Crippen molar-refractivity contribution in [1.82, 2.24) is 29.7 Å². The Hall–Kier alpha value is -3.81. The summed E-state index contributed by atoms with van der Waals surface area (Å²) < 4.78 is 26.7. The van der Waals surface area contributed by atoms with E-state index in [0.29, 0.717) is 58.2 Å². The third kappa shape index (κ3) is 5.41. The molecule has 6 rings (SSSR count). The summed E-state index contributed by atoms with van der Waals surface area (Å²) in [7, 11) is 0. The second kappa shape index (κ2) is 10.4. The number of nitrogens with two attached hydrogens (primary N) is 1. The van der Waals surface area contributed by atoms with Crippen LogP contribution in [0.2, 0.25) is 0 Å². The molecule has 3 saturated heterocycles. The number of hydrogen-bond donors (Lipinski definition) is 1. The van der Waals surface area contributed by atoms with Gasteiger partial charge in [-0.15, -0.1) is 0 Å². The molecule has 2 N–H and O–H groups in total. The van der Waals surface area contributed by atoms with E-state index in [-0.39, 0.29) is 25.1 Å². The number of hydrogen-bond acceptors (Lipinski definition) is 11. The topological polar surface area (TPSA) is 143 Å². The van der Waals surface area contributed by atoms with Gasteiger partial charge in [0, 0.05) is 49.7 Å². The van der Waals surface area contributed by atoms with E-state index in [1.54, 1.807) is 38.1 Å². The summed E-state index contributed by atoms with van der Waals surface area (Å²) in [6.45, 7) is 12.1. The minimum absolute atomic E-state index is 0.0933. The van der Waals surface area contributed by atoms with Crippen molar-refractivity contribution >= 4 is 29.7 Å². The molecule has 0 unspecified atom stereocenters. The third-order valence-corrected chi connectivity index (χ3v) is 8.69. The lowest BCUT2D eigenvalue weighted by Crippen LogP contribution is -2.68. The first-order chi connectivity index (χ1) is 20.3. The number of ether oxygens (including phenoxy) is 2. The summed E-state index contributed by atoms with van der Waals surface area (Å²) in [6, 6.07) is 0.0933. The number of alkyl halides is 1. The molecule has 2 aromatic rings. The monoisotopic (exact) mass is 597 g/mol. The van der Waals surface area contributed by atoms with Crippen molar-refractivity contribution in [2.75, 3.05) is 68.0 Å². The largest absolute Gasteiger partial charge is 0.444 e. The number of morpholine rings is 1. The summed E-state index contributed by atoms with van der Waals surface area (Å²) >= 11 is 0. The van der Waals surface area contributed by atoms with Crippen LogP contribution in [0, 0.1) is 0 Å². The van der Waals surface area contributed by atoms with Crippen LogP contribution < -0.4 is 15.5 Å². The number of nitrogens with zero attached hydrogens (tertiary/aromatic N) is 8. The average molecular weight is 598 g/mol. The number of amides is 2. The van der Waals surface area contributed by atoms with E-state index in [4.69, 9.17) is 25.2 Å². The lowest BCUT2D eigenvalue weighted by molar-refractivity contribution is -0.154. The number of fused-ring (bicyclic) bond motifs is 1. The first-order valence-corrected chi connectivity index (χ1v) is 14.8. The summed E-state index contributed by atoms with van der Waals surface area (Å²) in [5.41, 5.74) is 4.98. The molecule has 2 amide bonds. The van der Waals surface area contributed by atoms with E-state index in [2.05, 4.69) is 33.6 Å². The van der Waals surface area contributed by atoms with E-state index in [9.17, 15) is 9.59 Å². The zero-order chi connectivity index (χ0) is 30.7. The number of carbonyl (C=O) groups excluding carboxylic acids is 2. The van der Waals surface area contributed by atoms with Gasteiger partial charge in [0.15, 0.2) is 0 Å². The maximum atomic E-state index is 15.7. The molecule has 232 valence electrons. The Kier molecular flexibility index (Phi) is 7.09. The Balaban J connectivity index is 1.24. The molecule has 4 aliphatic heterocycles. The standard InChI is InChI=1S/C29H40FN9O4/c1-18-14-42-11-10-38(18)25-34-21(19-12-32-24(31)33-13-19)20-6-8-39(22(20)35-25)28(5)7-9-36(15-28)23(40)29(30)16-37(17-29)26(41)43-27(2,3)4/h12-13,18H,6-11,14-17H2,1-5H3,(H2,31,32,33)/t18-,28-/m0/s1. The molecular weight excluding hydrogens is 557 g/mol. The lowest BCUT2D eigenvalue weighted by atomic mass is 9.94. The van der Waals surface area contributed by atoms with Gasteiger partial charge in [0.25, 0.3) is 5.91 Å². The Labute approximate surface area is 250 Å². The first kappa shape index (κ1) is 29.3. The minimum Gasteiger partial charge on any atom is -0.444 e. The molecule has 0 radical (unpaired) electrons. The predicted molar refractivity (Wildman–Crippen MR) is 157 cm³/mol. The number of likely N-dealkylation sites (tertiary alicyclic amines) is 2. The molecule has 2 atom stereocenters. The zero-order valence-corrected chi connectivity index (χ0v) is 25.5. The molecule has 6 heterocycles. The van der Waals surface area contributed by atoms with E-state index >= 15 is 4.39 Å². The molecule has 0 bridgehead atoms. The molecule has 2 aromatic heterocycles. The maximum Gasteiger partial charge on any atom is 0.410 e. The number of halogens is 1. The minimum atomic E-state index is -2.12. The lowest BCUT2D eigenvalue weighted by Gasteiger charge is -2.45. The molecule has 3 fully saturated rings. The first-order valence-electron chi connectivity index (χ1n) is 14.8. The van der Waals surface area contributed by atoms with Crippen molar-refractivity contribution in [3.63, 3.8) is 0 Å². The van der Waals surface area contributed by atoms with Gasteiger partial charge in [0.1, 0.15) is 11.4 Å². The van der Waals surface area contributed by atoms with Gasteiger partial charge < -0.3 is 34.8 Å². The summed E-state index contributed by atoms with van der Waals surface area (Å²) in [5, 5.41) is 0. The van der Waals surface area contributed by atoms with Gasteiger partial charge in [-0.2, -0.15) is 4.98 Å². The number of carbonyl (C=O) groups is 2. The molecule has 0 aliphatic carbocycles. The van der Waals surface area contributed by atoms with Gasteiger partial charge in [0.05, 0.1) is 43.6 Å². The van der Waals surface area contributed by atoms with Gasteiger partial charge in [0.2, 0.25) is 17.6 Å². The van der Waals surface area contributed by atoms with Crippen molar-refractivity contribution in [1.29, 1.82) is 0 Å². The average Bonchev–Trinajstić information content (AvgIpc) is 3.55. The van der Waals surface area contributed by atoms with Gasteiger partial charge in [-0.05, 0) is 47.5 Å². The molecule has 14 heteroatoms. The van der Waals surface area contributed by atoms with Crippen LogP contribution in [-0.2, 0) is 20.7 Å². The van der Waals surface area contributed by atoms with Crippen molar-refractivity contribution < 1.29 is 23.5 Å². The second-order valence-corrected chi connectivity index (χ2v) is 13.3. The summed E-state index contributed by atoms with van der Waals surface area (Å²) in [5.74, 6) is 1.01. The highest BCUT2D eigenvalue weighted by molar-refractivity contribution is 5.89. The van der Waals surface area contributed by atoms with E-state index in [1.165, 1.54) is 4.90 Å². The van der Waals surface area contributed by atoms with Crippen LogP contribution in [0.15, 0.2) is 12.4 Å². The van der Waals surface area contributed by atoms with Gasteiger partial charge in [-0.3, -0.25) is 4.79 Å². The third-order valence-electron chi connectivity index (χ3n) is 8.69. The molecular formula is C29H40FN9O4. The molecule has 4 aliphatic rings.